The second kappa shape index (κ2) is 8.71. The standard InChI is InChI=1S/C22H21FN2O2S/c1-17(24-20-13-8-14-21(16-20)28(23,26)27)25-22(19-11-6-3-7-12-19)15-18-9-4-2-5-10-18/h2-14,16,22,24-25H,1,15H2. The van der Waals surface area contributed by atoms with Gasteiger partial charge in [0.05, 0.1) is 11.9 Å². The molecule has 6 heteroatoms. The van der Waals surface area contributed by atoms with Gasteiger partial charge in [0.1, 0.15) is 4.90 Å². The molecule has 0 saturated heterocycles. The van der Waals surface area contributed by atoms with E-state index in [9.17, 15) is 12.3 Å². The fourth-order valence-electron chi connectivity index (χ4n) is 2.93. The van der Waals surface area contributed by atoms with Crippen LogP contribution in [0.1, 0.15) is 17.2 Å². The van der Waals surface area contributed by atoms with Gasteiger partial charge in [0, 0.05) is 5.69 Å². The van der Waals surface area contributed by atoms with Gasteiger partial charge >= 0.3 is 10.2 Å². The van der Waals surface area contributed by atoms with Crippen LogP contribution in [0.5, 0.6) is 0 Å². The maximum absolute atomic E-state index is 13.2. The topological polar surface area (TPSA) is 58.2 Å². The molecule has 0 heterocycles. The largest absolute Gasteiger partial charge is 0.365 e. The highest BCUT2D eigenvalue weighted by Crippen LogP contribution is 2.21. The summed E-state index contributed by atoms with van der Waals surface area (Å²) >= 11 is 0. The first-order valence-electron chi connectivity index (χ1n) is 8.78. The van der Waals surface area contributed by atoms with Crippen molar-refractivity contribution in [3.63, 3.8) is 0 Å². The molecule has 0 fully saturated rings. The molecule has 3 aromatic carbocycles. The van der Waals surface area contributed by atoms with Gasteiger partial charge in [-0.15, -0.1) is 3.89 Å². The maximum atomic E-state index is 13.2. The lowest BCUT2D eigenvalue weighted by Crippen LogP contribution is -2.26. The van der Waals surface area contributed by atoms with E-state index in [1.54, 1.807) is 6.07 Å². The summed E-state index contributed by atoms with van der Waals surface area (Å²) in [7, 11) is -4.76. The first-order valence-corrected chi connectivity index (χ1v) is 10.2. The summed E-state index contributed by atoms with van der Waals surface area (Å²) in [6, 6.07) is 25.6. The molecule has 28 heavy (non-hydrogen) atoms. The predicted molar refractivity (Wildman–Crippen MR) is 110 cm³/mol. The van der Waals surface area contributed by atoms with Crippen LogP contribution in [0.3, 0.4) is 0 Å². The molecule has 3 rings (SSSR count). The van der Waals surface area contributed by atoms with E-state index in [-0.39, 0.29) is 6.04 Å². The summed E-state index contributed by atoms with van der Waals surface area (Å²) in [5.74, 6) is 0.484. The zero-order chi connectivity index (χ0) is 20.0. The molecule has 0 amide bonds. The Labute approximate surface area is 165 Å². The van der Waals surface area contributed by atoms with Gasteiger partial charge in [0.15, 0.2) is 0 Å². The molecule has 0 aliphatic heterocycles. The van der Waals surface area contributed by atoms with Crippen molar-refractivity contribution in [2.24, 2.45) is 0 Å². The first kappa shape index (κ1) is 19.6. The molecule has 2 N–H and O–H groups in total. The molecule has 3 aromatic rings. The van der Waals surface area contributed by atoms with E-state index in [0.29, 0.717) is 11.5 Å². The molecule has 0 radical (unpaired) electrons. The fraction of sp³-hybridized carbons (Fsp3) is 0.0909. The highest BCUT2D eigenvalue weighted by Gasteiger charge is 2.14. The molecule has 0 bridgehead atoms. The normalized spacial score (nSPS) is 12.2. The van der Waals surface area contributed by atoms with E-state index in [1.165, 1.54) is 23.8 Å². The molecule has 0 spiro atoms. The van der Waals surface area contributed by atoms with Crippen molar-refractivity contribution in [2.75, 3.05) is 5.32 Å². The fourth-order valence-corrected chi connectivity index (χ4v) is 3.44. The summed E-state index contributed by atoms with van der Waals surface area (Å²) in [5.41, 5.74) is 2.69. The van der Waals surface area contributed by atoms with Gasteiger partial charge in [-0.05, 0) is 35.7 Å². The summed E-state index contributed by atoms with van der Waals surface area (Å²) < 4.78 is 35.4. The highest BCUT2D eigenvalue weighted by molar-refractivity contribution is 7.86. The summed E-state index contributed by atoms with van der Waals surface area (Å²) in [4.78, 5) is -0.394. The third-order valence-electron chi connectivity index (χ3n) is 4.24. The van der Waals surface area contributed by atoms with E-state index < -0.39 is 15.1 Å². The molecule has 144 valence electrons. The van der Waals surface area contributed by atoms with Gasteiger partial charge in [0.2, 0.25) is 0 Å². The number of anilines is 1. The predicted octanol–water partition coefficient (Wildman–Crippen LogP) is 4.80. The van der Waals surface area contributed by atoms with Crippen LogP contribution in [0.25, 0.3) is 0 Å². The molecule has 1 unspecified atom stereocenters. The number of rotatable bonds is 8. The smallest absolute Gasteiger partial charge is 0.332 e. The van der Waals surface area contributed by atoms with E-state index >= 15 is 0 Å². The molecule has 1 atom stereocenters. The van der Waals surface area contributed by atoms with Crippen LogP contribution in [-0.2, 0) is 16.6 Å². The summed E-state index contributed by atoms with van der Waals surface area (Å²) in [6.07, 6.45) is 0.741. The van der Waals surface area contributed by atoms with E-state index in [0.717, 1.165) is 12.0 Å². The zero-order valence-electron chi connectivity index (χ0n) is 15.2. The van der Waals surface area contributed by atoms with E-state index in [2.05, 4.69) is 29.3 Å². The van der Waals surface area contributed by atoms with Crippen LogP contribution in [0.4, 0.5) is 9.57 Å². The molecular formula is C22H21FN2O2S. The van der Waals surface area contributed by atoms with Crippen molar-refractivity contribution >= 4 is 15.9 Å². The van der Waals surface area contributed by atoms with Gasteiger partial charge in [-0.3, -0.25) is 0 Å². The van der Waals surface area contributed by atoms with Crippen LogP contribution in [0.15, 0.2) is 102 Å². The lowest BCUT2D eigenvalue weighted by Gasteiger charge is -2.23. The molecule has 0 saturated carbocycles. The van der Waals surface area contributed by atoms with E-state index in [4.69, 9.17) is 0 Å². The van der Waals surface area contributed by atoms with Gasteiger partial charge in [-0.1, -0.05) is 73.3 Å². The van der Waals surface area contributed by atoms with Crippen LogP contribution < -0.4 is 10.6 Å². The Kier molecular flexibility index (Phi) is 6.11. The molecule has 4 nitrogen and oxygen atoms in total. The third-order valence-corrected chi connectivity index (χ3v) is 5.06. The van der Waals surface area contributed by atoms with Gasteiger partial charge in [-0.25, -0.2) is 0 Å². The van der Waals surface area contributed by atoms with Gasteiger partial charge in [0.25, 0.3) is 0 Å². The zero-order valence-corrected chi connectivity index (χ0v) is 16.0. The van der Waals surface area contributed by atoms with Crippen molar-refractivity contribution in [2.45, 2.75) is 17.4 Å². The third kappa shape index (κ3) is 5.44. The number of halogens is 1. The Balaban J connectivity index is 1.76. The van der Waals surface area contributed by atoms with Crippen molar-refractivity contribution in [3.05, 3.63) is 108 Å². The SMILES string of the molecule is C=C(Nc1cccc(S(=O)(=O)F)c1)NC(Cc1ccccc1)c1ccccc1. The average Bonchev–Trinajstić information content (AvgIpc) is 2.68. The van der Waals surface area contributed by atoms with Crippen LogP contribution >= 0.6 is 0 Å². The molecule has 0 aromatic heterocycles. The summed E-state index contributed by atoms with van der Waals surface area (Å²) in [6.45, 7) is 3.98. The molecule has 0 aliphatic rings. The second-order valence-electron chi connectivity index (χ2n) is 6.37. The number of benzene rings is 3. The lowest BCUT2D eigenvalue weighted by atomic mass is 9.99. The number of nitrogens with one attached hydrogen (secondary N) is 2. The minimum absolute atomic E-state index is 0.0447. The number of hydrogen-bond donors (Lipinski definition) is 2. The lowest BCUT2D eigenvalue weighted by molar-refractivity contribution is 0.552. The van der Waals surface area contributed by atoms with Crippen LogP contribution in [0.2, 0.25) is 0 Å². The Morgan fingerprint density at radius 1 is 0.929 bits per heavy atom. The Morgan fingerprint density at radius 3 is 2.21 bits per heavy atom. The van der Waals surface area contributed by atoms with Crippen LogP contribution in [0, 0.1) is 0 Å². The highest BCUT2D eigenvalue weighted by atomic mass is 32.3. The minimum atomic E-state index is -4.76. The van der Waals surface area contributed by atoms with E-state index in [1.807, 2.05) is 48.5 Å². The average molecular weight is 396 g/mol. The number of hydrogen-bond acceptors (Lipinski definition) is 4. The Hall–Kier alpha value is -3.12. The second-order valence-corrected chi connectivity index (χ2v) is 7.71. The Morgan fingerprint density at radius 2 is 1.57 bits per heavy atom. The van der Waals surface area contributed by atoms with Gasteiger partial charge in [-0.2, -0.15) is 8.42 Å². The van der Waals surface area contributed by atoms with Gasteiger partial charge < -0.3 is 10.6 Å². The molecular weight excluding hydrogens is 375 g/mol. The molecule has 0 aliphatic carbocycles. The van der Waals surface area contributed by atoms with Crippen molar-refractivity contribution in [1.82, 2.24) is 5.32 Å². The minimum Gasteiger partial charge on any atom is -0.365 e. The summed E-state index contributed by atoms with van der Waals surface area (Å²) in [5, 5.41) is 6.34. The monoisotopic (exact) mass is 396 g/mol. The first-order chi connectivity index (χ1) is 13.4. The maximum Gasteiger partial charge on any atom is 0.332 e. The van der Waals surface area contributed by atoms with Crippen molar-refractivity contribution < 1.29 is 12.3 Å². The van der Waals surface area contributed by atoms with Crippen LogP contribution in [-0.4, -0.2) is 8.42 Å². The Bertz CT molecular complexity index is 1040. The quantitative estimate of drug-likeness (QED) is 0.537. The van der Waals surface area contributed by atoms with Crippen molar-refractivity contribution in [3.8, 4) is 0 Å². The van der Waals surface area contributed by atoms with Crippen molar-refractivity contribution in [1.29, 1.82) is 0 Å².